The highest BCUT2D eigenvalue weighted by molar-refractivity contribution is 6.31. The number of phenolic OH excluding ortho intramolecular Hbond substituents is 2. The summed E-state index contributed by atoms with van der Waals surface area (Å²) in [6.07, 6.45) is -4.64. The lowest BCUT2D eigenvalue weighted by atomic mass is 9.72. The zero-order valence-corrected chi connectivity index (χ0v) is 22.8. The van der Waals surface area contributed by atoms with Gasteiger partial charge in [-0.05, 0) is 19.5 Å². The fourth-order valence-electron chi connectivity index (χ4n) is 6.18. The maximum Gasteiger partial charge on any atom is 0.202 e. The van der Waals surface area contributed by atoms with Gasteiger partial charge in [-0.25, -0.2) is 0 Å². The van der Waals surface area contributed by atoms with Crippen LogP contribution in [0.3, 0.4) is 0 Å². The number of hydrogen-bond donors (Lipinski definition) is 6. The zero-order chi connectivity index (χ0) is 29.8. The van der Waals surface area contributed by atoms with E-state index < -0.39 is 95.7 Å². The maximum atomic E-state index is 13.7. The Morgan fingerprint density at radius 3 is 2.51 bits per heavy atom. The summed E-state index contributed by atoms with van der Waals surface area (Å²) in [6, 6.07) is 3.98. The first-order valence-electron chi connectivity index (χ1n) is 13.4. The molecule has 1 fully saturated rings. The maximum absolute atomic E-state index is 13.7. The van der Waals surface area contributed by atoms with Gasteiger partial charge >= 0.3 is 0 Å². The van der Waals surface area contributed by atoms with Crippen LogP contribution in [0.15, 0.2) is 18.2 Å². The van der Waals surface area contributed by atoms with E-state index in [0.29, 0.717) is 6.54 Å². The highest BCUT2D eigenvalue weighted by atomic mass is 16.7. The van der Waals surface area contributed by atoms with Crippen LogP contribution in [0.4, 0.5) is 0 Å². The smallest absolute Gasteiger partial charge is 0.202 e. The number of aromatic hydroxyl groups is 2. The number of methoxy groups -OCH3 is 1. The SMILES string of the molecule is CCN[C@H]1C[C@H](O[C@H]2C[C@](O)(C(=O)CO)Cc3c(O)c4c(c(O)c32)C(=O)c2c(OC)cccc2C4=O)O[C@@H](C)[C@@H]1O. The van der Waals surface area contributed by atoms with Crippen molar-refractivity contribution >= 4 is 17.3 Å². The van der Waals surface area contributed by atoms with E-state index in [-0.39, 0.29) is 34.4 Å². The predicted octanol–water partition coefficient (Wildman–Crippen LogP) is 0.652. The molecule has 0 amide bonds. The number of aliphatic hydroxyl groups excluding tert-OH is 2. The Kier molecular flexibility index (Phi) is 7.66. The molecule has 3 aliphatic rings. The molecule has 0 unspecified atom stereocenters. The number of nitrogens with one attached hydrogen (secondary N) is 1. The van der Waals surface area contributed by atoms with Crippen molar-refractivity contribution in [3.63, 3.8) is 0 Å². The van der Waals surface area contributed by atoms with Crippen molar-refractivity contribution in [1.82, 2.24) is 5.32 Å². The Morgan fingerprint density at radius 2 is 1.85 bits per heavy atom. The van der Waals surface area contributed by atoms with E-state index >= 15 is 0 Å². The number of ether oxygens (including phenoxy) is 3. The summed E-state index contributed by atoms with van der Waals surface area (Å²) in [7, 11) is 1.33. The fourth-order valence-corrected chi connectivity index (χ4v) is 6.18. The van der Waals surface area contributed by atoms with Crippen LogP contribution in [0.25, 0.3) is 0 Å². The molecule has 5 rings (SSSR count). The monoisotopic (exact) mass is 571 g/mol. The highest BCUT2D eigenvalue weighted by Gasteiger charge is 2.50. The number of Topliss-reactive ketones (excluding diaryl/α,β-unsaturated/α-hetero) is 1. The molecule has 1 saturated heterocycles. The number of fused-ring (bicyclic) bond motifs is 3. The number of hydrogen-bond acceptors (Lipinski definition) is 12. The molecule has 220 valence electrons. The van der Waals surface area contributed by atoms with Crippen molar-refractivity contribution in [2.75, 3.05) is 20.3 Å². The third-order valence-corrected chi connectivity index (χ3v) is 8.23. The molecule has 1 aliphatic heterocycles. The molecule has 0 spiro atoms. The largest absolute Gasteiger partial charge is 0.507 e. The standard InChI is InChI=1S/C29H33NO11/c1-4-30-15-8-19(40-12(2)24(15)33)41-17-10-29(38,18(32)11-31)9-14-21(17)28(37)23-22(26(14)35)25(34)13-6-5-7-16(39-3)20(13)27(23)36/h5-7,12,15,17,19,24,30-31,33,35,37-38H,4,8-11H2,1-3H3/t12-,15-,17-,19-,24-,29-/m0/s1. The van der Waals surface area contributed by atoms with Crippen LogP contribution < -0.4 is 10.1 Å². The first-order valence-corrected chi connectivity index (χ1v) is 13.4. The van der Waals surface area contributed by atoms with E-state index in [0.717, 1.165) is 0 Å². The van der Waals surface area contributed by atoms with Gasteiger partial charge in [0.05, 0.1) is 42.1 Å². The Hall–Kier alpha value is -3.39. The first-order chi connectivity index (χ1) is 19.5. The van der Waals surface area contributed by atoms with E-state index in [9.17, 15) is 39.9 Å². The summed E-state index contributed by atoms with van der Waals surface area (Å²) in [5, 5.41) is 57.6. The summed E-state index contributed by atoms with van der Waals surface area (Å²) in [4.78, 5) is 40.0. The van der Waals surface area contributed by atoms with Crippen LogP contribution in [0.5, 0.6) is 17.2 Å². The van der Waals surface area contributed by atoms with Gasteiger partial charge in [0.15, 0.2) is 17.9 Å². The van der Waals surface area contributed by atoms with Gasteiger partial charge in [-0.15, -0.1) is 0 Å². The quantitative estimate of drug-likeness (QED) is 0.217. The van der Waals surface area contributed by atoms with Gasteiger partial charge in [-0.2, -0.15) is 0 Å². The Morgan fingerprint density at radius 1 is 1.15 bits per heavy atom. The van der Waals surface area contributed by atoms with Gasteiger partial charge in [-0.1, -0.05) is 19.1 Å². The lowest BCUT2D eigenvalue weighted by Crippen LogP contribution is -2.54. The van der Waals surface area contributed by atoms with Gasteiger partial charge in [0, 0.05) is 42.0 Å². The number of ketones is 3. The van der Waals surface area contributed by atoms with Crippen LogP contribution >= 0.6 is 0 Å². The normalized spacial score (nSPS) is 29.0. The second kappa shape index (κ2) is 10.8. The van der Waals surface area contributed by atoms with E-state index in [4.69, 9.17) is 14.2 Å². The number of rotatable bonds is 7. The molecule has 41 heavy (non-hydrogen) atoms. The fraction of sp³-hybridized carbons (Fsp3) is 0.483. The molecule has 6 N–H and O–H groups in total. The Labute approximate surface area is 235 Å². The van der Waals surface area contributed by atoms with Crippen molar-refractivity contribution in [2.24, 2.45) is 0 Å². The molecule has 2 aromatic carbocycles. The average molecular weight is 572 g/mol. The lowest BCUT2D eigenvalue weighted by molar-refractivity contribution is -0.249. The first kappa shape index (κ1) is 29.1. The molecule has 0 radical (unpaired) electrons. The number of phenols is 2. The lowest BCUT2D eigenvalue weighted by Gasteiger charge is -2.43. The van der Waals surface area contributed by atoms with E-state index in [1.54, 1.807) is 6.92 Å². The van der Waals surface area contributed by atoms with Gasteiger partial charge in [-0.3, -0.25) is 14.4 Å². The van der Waals surface area contributed by atoms with Crippen LogP contribution in [-0.4, -0.2) is 93.3 Å². The third-order valence-electron chi connectivity index (χ3n) is 8.23. The van der Waals surface area contributed by atoms with Crippen LogP contribution in [-0.2, 0) is 20.7 Å². The van der Waals surface area contributed by atoms with Crippen LogP contribution in [0, 0.1) is 0 Å². The van der Waals surface area contributed by atoms with Crippen molar-refractivity contribution < 1.29 is 54.1 Å². The molecule has 0 aromatic heterocycles. The van der Waals surface area contributed by atoms with E-state index in [1.807, 2.05) is 6.92 Å². The summed E-state index contributed by atoms with van der Waals surface area (Å²) < 4.78 is 17.3. The second-order valence-corrected chi connectivity index (χ2v) is 10.7. The number of benzene rings is 2. The Balaban J connectivity index is 1.66. The third kappa shape index (κ3) is 4.60. The molecule has 6 atom stereocenters. The molecule has 12 heteroatoms. The summed E-state index contributed by atoms with van der Waals surface area (Å²) in [6.45, 7) is 3.07. The summed E-state index contributed by atoms with van der Waals surface area (Å²) in [5.41, 5.74) is -3.51. The molecule has 0 saturated carbocycles. The van der Waals surface area contributed by atoms with Crippen LogP contribution in [0.2, 0.25) is 0 Å². The molecule has 2 aromatic rings. The number of likely N-dealkylation sites (N-methyl/N-ethyl adjacent to an activating group) is 1. The van der Waals surface area contributed by atoms with Crippen molar-refractivity contribution in [3.8, 4) is 17.2 Å². The molecular weight excluding hydrogens is 538 g/mol. The minimum Gasteiger partial charge on any atom is -0.507 e. The second-order valence-electron chi connectivity index (χ2n) is 10.7. The molecular formula is C29H33NO11. The number of carbonyl (C=O) groups is 3. The van der Waals surface area contributed by atoms with Crippen LogP contribution in [0.1, 0.15) is 75.8 Å². The van der Waals surface area contributed by atoms with Gasteiger partial charge < -0.3 is 45.1 Å². The van der Waals surface area contributed by atoms with Gasteiger partial charge in [0.1, 0.15) is 29.5 Å². The average Bonchev–Trinajstić information content (AvgIpc) is 2.95. The van der Waals surface area contributed by atoms with Crippen molar-refractivity contribution in [3.05, 3.63) is 51.6 Å². The van der Waals surface area contributed by atoms with Crippen molar-refractivity contribution in [2.45, 2.75) is 69.4 Å². The molecule has 2 aliphatic carbocycles. The molecule has 12 nitrogen and oxygen atoms in total. The minimum absolute atomic E-state index is 0.0422. The van der Waals surface area contributed by atoms with E-state index in [2.05, 4.69) is 5.32 Å². The van der Waals surface area contributed by atoms with Gasteiger partial charge in [0.25, 0.3) is 0 Å². The molecule has 0 bridgehead atoms. The zero-order valence-electron chi connectivity index (χ0n) is 22.8. The minimum atomic E-state index is -2.23. The number of aliphatic hydroxyl groups is 3. The van der Waals surface area contributed by atoms with Crippen molar-refractivity contribution in [1.29, 1.82) is 0 Å². The molecule has 1 heterocycles. The predicted molar refractivity (Wildman–Crippen MR) is 141 cm³/mol. The van der Waals surface area contributed by atoms with E-state index in [1.165, 1.54) is 25.3 Å². The number of carbonyl (C=O) groups excluding carboxylic acids is 3. The summed E-state index contributed by atoms with van der Waals surface area (Å²) >= 11 is 0. The summed E-state index contributed by atoms with van der Waals surface area (Å²) in [5.74, 6) is -3.68. The Bertz CT molecular complexity index is 1420. The topological polar surface area (TPSA) is 192 Å². The highest BCUT2D eigenvalue weighted by Crippen LogP contribution is 2.52. The van der Waals surface area contributed by atoms with Gasteiger partial charge in [0.2, 0.25) is 5.78 Å².